The van der Waals surface area contributed by atoms with Gasteiger partial charge >= 0.3 is 0 Å². The van der Waals surface area contributed by atoms with E-state index in [1.54, 1.807) is 0 Å². The lowest BCUT2D eigenvalue weighted by Gasteiger charge is -2.25. The molecule has 12 aromatic rings. The largest absolute Gasteiger partial charge is 0.309 e. The number of rotatable bonds is 5. The molecule has 2 heteroatoms. The first-order valence-electron chi connectivity index (χ1n) is 24.0. The van der Waals surface area contributed by atoms with E-state index >= 15 is 0 Å². The maximum absolute atomic E-state index is 2.52. The van der Waals surface area contributed by atoms with Crippen LogP contribution in [-0.2, 0) is 10.8 Å². The fourth-order valence-corrected chi connectivity index (χ4v) is 12.4. The van der Waals surface area contributed by atoms with Crippen molar-refractivity contribution >= 4 is 43.6 Å². The van der Waals surface area contributed by atoms with Gasteiger partial charge in [-0.3, -0.25) is 0 Å². The monoisotopic (exact) mass is 868 g/mol. The van der Waals surface area contributed by atoms with Crippen LogP contribution in [-0.4, -0.2) is 9.13 Å². The Bertz CT molecular complexity index is 3690. The average Bonchev–Trinajstić information content (AvgIpc) is 4.05. The van der Waals surface area contributed by atoms with E-state index in [0.717, 1.165) is 0 Å². The fraction of sp³-hybridized carbons (Fsp3) is 0.0909. The van der Waals surface area contributed by atoms with Crippen molar-refractivity contribution in [3.8, 4) is 67.0 Å². The van der Waals surface area contributed by atoms with Gasteiger partial charge in [0.25, 0.3) is 0 Å². The van der Waals surface area contributed by atoms with E-state index in [1.807, 2.05) is 0 Å². The minimum atomic E-state index is -0.267. The first kappa shape index (κ1) is 39.0. The lowest BCUT2D eigenvalue weighted by atomic mass is 9.78. The molecule has 0 spiro atoms. The van der Waals surface area contributed by atoms with Crippen LogP contribution in [0.4, 0.5) is 0 Å². The van der Waals surface area contributed by atoms with Crippen molar-refractivity contribution in [3.63, 3.8) is 0 Å². The highest BCUT2D eigenvalue weighted by atomic mass is 15.0. The van der Waals surface area contributed by atoms with Crippen LogP contribution in [0.5, 0.6) is 0 Å². The van der Waals surface area contributed by atoms with Crippen LogP contribution in [0.1, 0.15) is 49.9 Å². The third kappa shape index (κ3) is 5.40. The molecule has 0 atom stereocenters. The van der Waals surface area contributed by atoms with E-state index in [-0.39, 0.29) is 10.8 Å². The quantitative estimate of drug-likeness (QED) is 0.163. The molecule has 2 aliphatic carbocycles. The zero-order valence-corrected chi connectivity index (χ0v) is 38.7. The van der Waals surface area contributed by atoms with Crippen LogP contribution in [0.15, 0.2) is 218 Å². The first-order valence-corrected chi connectivity index (χ1v) is 24.0. The second kappa shape index (κ2) is 14.2. The molecule has 10 aromatic carbocycles. The van der Waals surface area contributed by atoms with Gasteiger partial charge in [-0.05, 0) is 151 Å². The molecule has 2 aliphatic rings. The Hall–Kier alpha value is -8.20. The molecule has 0 radical (unpaired) electrons. The van der Waals surface area contributed by atoms with Gasteiger partial charge in [0, 0.05) is 43.7 Å². The van der Waals surface area contributed by atoms with Gasteiger partial charge in [0.05, 0.1) is 22.1 Å². The number of nitrogens with zero attached hydrogens (tertiary/aromatic N) is 2. The topological polar surface area (TPSA) is 9.86 Å². The van der Waals surface area contributed by atoms with Crippen molar-refractivity contribution in [1.82, 2.24) is 9.13 Å². The van der Waals surface area contributed by atoms with Gasteiger partial charge in [-0.2, -0.15) is 0 Å². The molecule has 2 heterocycles. The van der Waals surface area contributed by atoms with Crippen LogP contribution < -0.4 is 0 Å². The molecule has 0 aliphatic heterocycles. The average molecular weight is 869 g/mol. The second-order valence-electron chi connectivity index (χ2n) is 20.1. The smallest absolute Gasteiger partial charge is 0.0541 e. The Morgan fingerprint density at radius 3 is 0.941 bits per heavy atom. The molecule has 68 heavy (non-hydrogen) atoms. The van der Waals surface area contributed by atoms with Gasteiger partial charge < -0.3 is 9.13 Å². The van der Waals surface area contributed by atoms with Gasteiger partial charge in [0.1, 0.15) is 0 Å². The van der Waals surface area contributed by atoms with Crippen LogP contribution in [0.25, 0.3) is 111 Å². The molecule has 0 N–H and O–H groups in total. The summed E-state index contributed by atoms with van der Waals surface area (Å²) in [6.07, 6.45) is 0. The van der Waals surface area contributed by atoms with Crippen molar-refractivity contribution in [1.29, 1.82) is 0 Å². The summed E-state index contributed by atoms with van der Waals surface area (Å²) in [5.41, 5.74) is 25.0. The molecule has 0 fully saturated rings. The van der Waals surface area contributed by atoms with E-state index in [4.69, 9.17) is 0 Å². The standard InChI is InChI=1S/C66H48N2/c1-65(2)55-39-45(67-59-27-15-11-23-47(59)48-24-12-16-28-60(48)67)31-33-51(55)63-53(41-19-7-5-8-20-41)35-43(37-57(63)65)44-36-54(42-21-9-6-10-22-42)64-52-34-32-46(40-56(52)66(3,4)58(64)38-44)68-61-29-17-13-25-49(61)50-26-14-18-30-62(50)68/h5-40H,1-4H3. The highest BCUT2D eigenvalue weighted by Gasteiger charge is 2.40. The van der Waals surface area contributed by atoms with Crippen LogP contribution in [0.2, 0.25) is 0 Å². The SMILES string of the molecule is CC1(C)c2cc(-n3c4ccccc4c4ccccc43)ccc2-c2c(-c3ccccc3)cc(-c3cc(-c4ccccc4)c4c(c3)C(C)(C)c3cc(-n5c6ccccc6c6ccccc65)ccc3-4)cc21. The molecule has 14 rings (SSSR count). The number of hydrogen-bond donors (Lipinski definition) is 0. The summed E-state index contributed by atoms with van der Waals surface area (Å²) in [5, 5.41) is 5.12. The normalized spacial score (nSPS) is 14.1. The minimum Gasteiger partial charge on any atom is -0.309 e. The lowest BCUT2D eigenvalue weighted by Crippen LogP contribution is -2.16. The maximum Gasteiger partial charge on any atom is 0.0541 e. The molecule has 0 saturated carbocycles. The third-order valence-corrected chi connectivity index (χ3v) is 15.7. The van der Waals surface area contributed by atoms with E-state index in [9.17, 15) is 0 Å². The molecule has 0 amide bonds. The summed E-state index contributed by atoms with van der Waals surface area (Å²) in [6.45, 7) is 9.72. The van der Waals surface area contributed by atoms with E-state index in [0.29, 0.717) is 0 Å². The van der Waals surface area contributed by atoms with Gasteiger partial charge in [-0.25, -0.2) is 0 Å². The minimum absolute atomic E-state index is 0.267. The van der Waals surface area contributed by atoms with Crippen molar-refractivity contribution < 1.29 is 0 Å². The van der Waals surface area contributed by atoms with Gasteiger partial charge in [0.15, 0.2) is 0 Å². The number of benzene rings is 10. The van der Waals surface area contributed by atoms with Crippen molar-refractivity contribution in [2.75, 3.05) is 0 Å². The van der Waals surface area contributed by atoms with E-state index in [2.05, 4.69) is 255 Å². The number of hydrogen-bond acceptors (Lipinski definition) is 0. The second-order valence-corrected chi connectivity index (χ2v) is 20.1. The predicted octanol–water partition coefficient (Wildman–Crippen LogP) is 17.5. The molecule has 2 nitrogen and oxygen atoms in total. The van der Waals surface area contributed by atoms with Crippen molar-refractivity contribution in [3.05, 3.63) is 241 Å². The predicted molar refractivity (Wildman–Crippen MR) is 287 cm³/mol. The van der Waals surface area contributed by atoms with Crippen LogP contribution in [0, 0.1) is 0 Å². The molecule has 0 saturated heterocycles. The van der Waals surface area contributed by atoms with Crippen molar-refractivity contribution in [2.24, 2.45) is 0 Å². The molecular weight excluding hydrogens is 821 g/mol. The highest BCUT2D eigenvalue weighted by molar-refractivity contribution is 6.11. The molecule has 322 valence electrons. The summed E-state index contributed by atoms with van der Waals surface area (Å²) in [4.78, 5) is 0. The number of aromatic nitrogens is 2. The fourth-order valence-electron chi connectivity index (χ4n) is 12.4. The summed E-state index contributed by atoms with van der Waals surface area (Å²) in [7, 11) is 0. The molecule has 2 aromatic heterocycles. The van der Waals surface area contributed by atoms with Crippen LogP contribution in [0.3, 0.4) is 0 Å². The summed E-state index contributed by atoms with van der Waals surface area (Å²) in [6, 6.07) is 81.8. The van der Waals surface area contributed by atoms with E-state index in [1.165, 1.54) is 133 Å². The Kier molecular flexibility index (Phi) is 8.12. The summed E-state index contributed by atoms with van der Waals surface area (Å²) < 4.78 is 4.91. The number of para-hydroxylation sites is 4. The zero-order valence-electron chi connectivity index (χ0n) is 38.7. The third-order valence-electron chi connectivity index (χ3n) is 15.7. The number of fused-ring (bicyclic) bond motifs is 12. The van der Waals surface area contributed by atoms with Gasteiger partial charge in [-0.15, -0.1) is 0 Å². The molecule has 0 unspecified atom stereocenters. The Morgan fingerprint density at radius 2 is 0.588 bits per heavy atom. The Balaban J connectivity index is 0.965. The van der Waals surface area contributed by atoms with Crippen molar-refractivity contribution in [2.45, 2.75) is 38.5 Å². The maximum atomic E-state index is 2.52. The Morgan fingerprint density at radius 1 is 0.265 bits per heavy atom. The van der Waals surface area contributed by atoms with Gasteiger partial charge in [-0.1, -0.05) is 173 Å². The molecular formula is C66H48N2. The van der Waals surface area contributed by atoms with Gasteiger partial charge in [0.2, 0.25) is 0 Å². The van der Waals surface area contributed by atoms with E-state index < -0.39 is 0 Å². The summed E-state index contributed by atoms with van der Waals surface area (Å²) in [5.74, 6) is 0. The highest BCUT2D eigenvalue weighted by Crippen LogP contribution is 2.57. The summed E-state index contributed by atoms with van der Waals surface area (Å²) >= 11 is 0. The Labute approximate surface area is 397 Å². The molecule has 0 bridgehead atoms. The lowest BCUT2D eigenvalue weighted by molar-refractivity contribution is 0.659. The first-order chi connectivity index (χ1) is 33.3. The zero-order chi connectivity index (χ0) is 45.5. The van der Waals surface area contributed by atoms with Crippen LogP contribution >= 0.6 is 0 Å².